The lowest BCUT2D eigenvalue weighted by Crippen LogP contribution is -2.46. The third-order valence-electron chi connectivity index (χ3n) is 6.56. The number of hydrogen-bond acceptors (Lipinski definition) is 4. The molecule has 0 aliphatic carbocycles. The molecule has 1 saturated heterocycles. The van der Waals surface area contributed by atoms with Gasteiger partial charge in [0.15, 0.2) is 0 Å². The summed E-state index contributed by atoms with van der Waals surface area (Å²) in [5.41, 5.74) is 4.22. The van der Waals surface area contributed by atoms with Crippen LogP contribution in [0.4, 0.5) is 5.69 Å². The number of aryl methyl sites for hydroxylation is 4. The number of carbonyl (C=O) groups excluding carboxylic acids is 2. The molecular weight excluding hydrogens is 462 g/mol. The van der Waals surface area contributed by atoms with Crippen molar-refractivity contribution in [1.82, 2.24) is 9.21 Å². The predicted octanol–water partition coefficient (Wildman–Crippen LogP) is 4.20. The molecule has 7 nitrogen and oxygen atoms in total. The van der Waals surface area contributed by atoms with Crippen molar-refractivity contribution in [2.45, 2.75) is 58.8 Å². The van der Waals surface area contributed by atoms with Gasteiger partial charge in [0.2, 0.25) is 21.8 Å². The molecule has 0 spiro atoms. The number of para-hydroxylation sites is 1. The number of hydrogen-bond donors (Lipinski definition) is 1. The highest BCUT2D eigenvalue weighted by Crippen LogP contribution is 2.29. The summed E-state index contributed by atoms with van der Waals surface area (Å²) in [6.07, 6.45) is 1.63. The van der Waals surface area contributed by atoms with Gasteiger partial charge in [0.25, 0.3) is 0 Å². The van der Waals surface area contributed by atoms with E-state index in [4.69, 9.17) is 0 Å². The van der Waals surface area contributed by atoms with Crippen LogP contribution >= 0.6 is 0 Å². The van der Waals surface area contributed by atoms with Crippen LogP contribution in [-0.2, 0) is 19.6 Å². The molecule has 35 heavy (non-hydrogen) atoms. The number of carbonyl (C=O) groups is 2. The van der Waals surface area contributed by atoms with Gasteiger partial charge in [0.1, 0.15) is 0 Å². The second-order valence-corrected chi connectivity index (χ2v) is 11.4. The van der Waals surface area contributed by atoms with Crippen LogP contribution in [0.15, 0.2) is 41.3 Å². The third-order valence-corrected chi connectivity index (χ3v) is 8.77. The Bertz CT molecular complexity index is 1160. The molecule has 8 heteroatoms. The third kappa shape index (κ3) is 6.30. The Morgan fingerprint density at radius 2 is 1.60 bits per heavy atom. The Labute approximate surface area is 209 Å². The summed E-state index contributed by atoms with van der Waals surface area (Å²) in [5.74, 6) is -0.600. The van der Waals surface area contributed by atoms with Gasteiger partial charge in [-0.05, 0) is 69.7 Å². The van der Waals surface area contributed by atoms with Crippen molar-refractivity contribution >= 4 is 27.5 Å². The molecular formula is C27H37N3O4S. The first-order chi connectivity index (χ1) is 16.5. The van der Waals surface area contributed by atoms with Crippen molar-refractivity contribution < 1.29 is 18.0 Å². The van der Waals surface area contributed by atoms with E-state index in [1.54, 1.807) is 4.90 Å². The first-order valence-electron chi connectivity index (χ1n) is 12.3. The van der Waals surface area contributed by atoms with Gasteiger partial charge in [-0.3, -0.25) is 9.59 Å². The van der Waals surface area contributed by atoms with Gasteiger partial charge in [0.05, 0.1) is 11.4 Å². The number of rotatable bonds is 8. The molecule has 2 amide bonds. The van der Waals surface area contributed by atoms with Crippen molar-refractivity contribution in [2.24, 2.45) is 5.92 Å². The average molecular weight is 500 g/mol. The zero-order valence-electron chi connectivity index (χ0n) is 21.4. The maximum Gasteiger partial charge on any atom is 0.244 e. The first-order valence-corrected chi connectivity index (χ1v) is 13.7. The molecule has 3 rings (SSSR count). The second kappa shape index (κ2) is 11.4. The number of anilines is 1. The molecule has 2 aromatic carbocycles. The molecule has 2 aromatic rings. The van der Waals surface area contributed by atoms with Gasteiger partial charge in [0, 0.05) is 31.2 Å². The van der Waals surface area contributed by atoms with E-state index in [-0.39, 0.29) is 24.3 Å². The summed E-state index contributed by atoms with van der Waals surface area (Å²) in [6, 6.07) is 11.3. The monoisotopic (exact) mass is 499 g/mol. The summed E-state index contributed by atoms with van der Waals surface area (Å²) in [5, 5.41) is 2.90. The van der Waals surface area contributed by atoms with E-state index in [0.29, 0.717) is 37.4 Å². The zero-order valence-corrected chi connectivity index (χ0v) is 22.2. The van der Waals surface area contributed by atoms with Gasteiger partial charge < -0.3 is 10.2 Å². The van der Waals surface area contributed by atoms with Crippen LogP contribution in [0.3, 0.4) is 0 Å². The van der Waals surface area contributed by atoms with Crippen molar-refractivity contribution in [3.8, 4) is 0 Å². The highest BCUT2D eigenvalue weighted by atomic mass is 32.2. The van der Waals surface area contributed by atoms with Crippen LogP contribution in [0, 0.1) is 33.6 Å². The average Bonchev–Trinajstić information content (AvgIpc) is 2.79. The summed E-state index contributed by atoms with van der Waals surface area (Å²) < 4.78 is 28.3. The molecule has 1 aliphatic heterocycles. The number of amides is 2. The lowest BCUT2D eigenvalue weighted by atomic mass is 9.96. The minimum Gasteiger partial charge on any atom is -0.333 e. The van der Waals surface area contributed by atoms with Crippen molar-refractivity contribution in [2.75, 3.05) is 31.5 Å². The molecule has 0 unspecified atom stereocenters. The van der Waals surface area contributed by atoms with Crippen LogP contribution in [0.5, 0.6) is 0 Å². The molecule has 1 fully saturated rings. The van der Waals surface area contributed by atoms with E-state index in [1.807, 2.05) is 71.0 Å². The highest BCUT2D eigenvalue weighted by Gasteiger charge is 2.35. The Hall–Kier alpha value is -2.71. The zero-order chi connectivity index (χ0) is 25.8. The Kier molecular flexibility index (Phi) is 8.72. The SMILES string of the molecule is CCCN(CC(=O)Nc1ccccc1C)C(=O)C1CCN(S(=O)(=O)c2c(C)cc(C)cc2C)CC1. The lowest BCUT2D eigenvalue weighted by Gasteiger charge is -2.34. The second-order valence-electron chi connectivity index (χ2n) is 9.53. The summed E-state index contributed by atoms with van der Waals surface area (Å²) >= 11 is 0. The highest BCUT2D eigenvalue weighted by molar-refractivity contribution is 7.89. The van der Waals surface area contributed by atoms with Gasteiger partial charge >= 0.3 is 0 Å². The lowest BCUT2D eigenvalue weighted by molar-refractivity contribution is -0.139. The number of sulfonamides is 1. The quantitative estimate of drug-likeness (QED) is 0.590. The minimum atomic E-state index is -3.63. The fourth-order valence-corrected chi connectivity index (χ4v) is 6.80. The smallest absolute Gasteiger partial charge is 0.244 e. The molecule has 0 radical (unpaired) electrons. The van der Waals surface area contributed by atoms with E-state index in [9.17, 15) is 18.0 Å². The molecule has 0 atom stereocenters. The van der Waals surface area contributed by atoms with Gasteiger partial charge in [-0.2, -0.15) is 4.31 Å². The number of benzene rings is 2. The number of nitrogens with one attached hydrogen (secondary N) is 1. The Morgan fingerprint density at radius 3 is 2.17 bits per heavy atom. The van der Waals surface area contributed by atoms with E-state index in [0.717, 1.165) is 34.4 Å². The van der Waals surface area contributed by atoms with E-state index >= 15 is 0 Å². The molecule has 1 heterocycles. The summed E-state index contributed by atoms with van der Waals surface area (Å²) in [6.45, 7) is 10.6. The standard InChI is InChI=1S/C27H37N3O4S/c1-6-13-29(18-25(31)28-24-10-8-7-9-20(24)3)27(32)23-11-14-30(15-12-23)35(33,34)26-21(4)16-19(2)17-22(26)5/h7-10,16-17,23H,6,11-15,18H2,1-5H3,(H,28,31). The molecule has 0 aromatic heterocycles. The van der Waals surface area contributed by atoms with E-state index in [2.05, 4.69) is 5.32 Å². The van der Waals surface area contributed by atoms with Crippen LogP contribution < -0.4 is 5.32 Å². The number of piperidine rings is 1. The van der Waals surface area contributed by atoms with Crippen molar-refractivity contribution in [3.63, 3.8) is 0 Å². The molecule has 1 N–H and O–H groups in total. The summed E-state index contributed by atoms with van der Waals surface area (Å²) in [4.78, 5) is 27.9. The maximum absolute atomic E-state index is 13.4. The maximum atomic E-state index is 13.4. The predicted molar refractivity (Wildman–Crippen MR) is 139 cm³/mol. The van der Waals surface area contributed by atoms with Gasteiger partial charge in [-0.25, -0.2) is 8.42 Å². The largest absolute Gasteiger partial charge is 0.333 e. The van der Waals surface area contributed by atoms with Crippen LogP contribution in [0.1, 0.15) is 48.4 Å². The summed E-state index contributed by atoms with van der Waals surface area (Å²) in [7, 11) is -3.63. The van der Waals surface area contributed by atoms with Crippen LogP contribution in [-0.4, -0.2) is 55.6 Å². The fraction of sp³-hybridized carbons (Fsp3) is 0.481. The minimum absolute atomic E-state index is 0.0126. The van der Waals surface area contributed by atoms with Crippen LogP contribution in [0.2, 0.25) is 0 Å². The topological polar surface area (TPSA) is 86.8 Å². The van der Waals surface area contributed by atoms with Gasteiger partial charge in [-0.1, -0.05) is 42.8 Å². The molecule has 1 aliphatic rings. The Morgan fingerprint density at radius 1 is 1.00 bits per heavy atom. The molecule has 190 valence electrons. The van der Waals surface area contributed by atoms with E-state index < -0.39 is 10.0 Å². The van der Waals surface area contributed by atoms with Gasteiger partial charge in [-0.15, -0.1) is 0 Å². The Balaban J connectivity index is 1.65. The van der Waals surface area contributed by atoms with Crippen LogP contribution in [0.25, 0.3) is 0 Å². The number of nitrogens with zero attached hydrogens (tertiary/aromatic N) is 2. The molecule has 0 bridgehead atoms. The first kappa shape index (κ1) is 26.9. The molecule has 0 saturated carbocycles. The van der Waals surface area contributed by atoms with E-state index in [1.165, 1.54) is 4.31 Å². The van der Waals surface area contributed by atoms with Crippen molar-refractivity contribution in [3.05, 3.63) is 58.7 Å². The fourth-order valence-electron chi connectivity index (χ4n) is 4.92. The normalized spacial score (nSPS) is 15.1. The van der Waals surface area contributed by atoms with Crippen molar-refractivity contribution in [1.29, 1.82) is 0 Å².